The number of carbonyl (C=O) groups is 1. The SMILES string of the molecule is CC(C)Sc1cc2c(cc1NC(=O)Cc1cccc(F)c1)n(C)c(=O)n2C. The fourth-order valence-corrected chi connectivity index (χ4v) is 3.93. The smallest absolute Gasteiger partial charge is 0.325 e. The molecule has 27 heavy (non-hydrogen) atoms. The molecule has 0 fully saturated rings. The number of hydrogen-bond donors (Lipinski definition) is 1. The molecule has 5 nitrogen and oxygen atoms in total. The number of fused-ring (bicyclic) bond motifs is 1. The molecule has 1 heterocycles. The lowest BCUT2D eigenvalue weighted by molar-refractivity contribution is -0.115. The molecule has 0 bridgehead atoms. The minimum atomic E-state index is -0.364. The second-order valence-electron chi connectivity index (χ2n) is 6.76. The third kappa shape index (κ3) is 4.08. The number of carbonyl (C=O) groups excluding carboxylic acids is 1. The monoisotopic (exact) mass is 387 g/mol. The number of nitrogens with zero attached hydrogens (tertiary/aromatic N) is 2. The van der Waals surface area contributed by atoms with Gasteiger partial charge in [0.1, 0.15) is 5.82 Å². The summed E-state index contributed by atoms with van der Waals surface area (Å²) in [5.74, 6) is -0.594. The highest BCUT2D eigenvalue weighted by Gasteiger charge is 2.16. The van der Waals surface area contributed by atoms with Crippen molar-refractivity contribution in [2.24, 2.45) is 14.1 Å². The maximum Gasteiger partial charge on any atom is 0.328 e. The van der Waals surface area contributed by atoms with E-state index in [4.69, 9.17) is 0 Å². The molecule has 7 heteroatoms. The minimum Gasteiger partial charge on any atom is -0.325 e. The summed E-state index contributed by atoms with van der Waals surface area (Å²) in [5, 5.41) is 3.23. The first-order valence-electron chi connectivity index (χ1n) is 8.66. The number of amides is 1. The molecule has 142 valence electrons. The molecule has 0 atom stereocenters. The standard InChI is InChI=1S/C20H22FN3O2S/c1-12(2)27-18-11-17-16(23(3)20(26)24(17)4)10-15(18)22-19(25)9-13-6-5-7-14(21)8-13/h5-8,10-12H,9H2,1-4H3,(H,22,25). The molecular weight excluding hydrogens is 365 g/mol. The Morgan fingerprint density at radius 2 is 1.81 bits per heavy atom. The van der Waals surface area contributed by atoms with Crippen LogP contribution in [0.2, 0.25) is 0 Å². The first kappa shape index (κ1) is 19.2. The van der Waals surface area contributed by atoms with Crippen LogP contribution in [0.5, 0.6) is 0 Å². The molecule has 0 aliphatic heterocycles. The molecule has 3 rings (SSSR count). The highest BCUT2D eigenvalue weighted by molar-refractivity contribution is 8.00. The average molecular weight is 387 g/mol. The van der Waals surface area contributed by atoms with Crippen molar-refractivity contribution in [1.29, 1.82) is 0 Å². The Hall–Kier alpha value is -2.54. The molecular formula is C20H22FN3O2S. The van der Waals surface area contributed by atoms with Gasteiger partial charge in [0.05, 0.1) is 23.1 Å². The van der Waals surface area contributed by atoms with E-state index in [9.17, 15) is 14.0 Å². The van der Waals surface area contributed by atoms with Crippen LogP contribution in [0.1, 0.15) is 19.4 Å². The zero-order valence-corrected chi connectivity index (χ0v) is 16.6. The zero-order valence-electron chi connectivity index (χ0n) is 15.7. The number of rotatable bonds is 5. The van der Waals surface area contributed by atoms with Gasteiger partial charge in [-0.05, 0) is 29.8 Å². The summed E-state index contributed by atoms with van der Waals surface area (Å²) in [6.45, 7) is 4.13. The molecule has 0 spiro atoms. The van der Waals surface area contributed by atoms with Crippen LogP contribution in [0.25, 0.3) is 11.0 Å². The third-order valence-electron chi connectivity index (χ3n) is 4.26. The van der Waals surface area contributed by atoms with Gasteiger partial charge < -0.3 is 5.32 Å². The molecule has 2 aromatic carbocycles. The number of thioether (sulfide) groups is 1. The van der Waals surface area contributed by atoms with E-state index >= 15 is 0 Å². The summed E-state index contributed by atoms with van der Waals surface area (Å²) in [7, 11) is 3.44. The first-order valence-corrected chi connectivity index (χ1v) is 9.54. The van der Waals surface area contributed by atoms with Gasteiger partial charge >= 0.3 is 5.69 Å². The van der Waals surface area contributed by atoms with Gasteiger partial charge in [0, 0.05) is 24.2 Å². The molecule has 0 saturated carbocycles. The molecule has 0 aliphatic carbocycles. The molecule has 1 N–H and O–H groups in total. The number of aryl methyl sites for hydroxylation is 2. The second-order valence-corrected chi connectivity index (χ2v) is 8.38. The minimum absolute atomic E-state index is 0.0787. The average Bonchev–Trinajstić information content (AvgIpc) is 2.79. The van der Waals surface area contributed by atoms with E-state index in [1.54, 1.807) is 47.1 Å². The van der Waals surface area contributed by atoms with Gasteiger partial charge in [0.2, 0.25) is 5.91 Å². The lowest BCUT2D eigenvalue weighted by Gasteiger charge is -2.14. The Balaban J connectivity index is 1.97. The molecule has 0 radical (unpaired) electrons. The number of hydrogen-bond acceptors (Lipinski definition) is 3. The Labute approximate surface area is 161 Å². The molecule has 1 amide bonds. The molecule has 0 aliphatic rings. The van der Waals surface area contributed by atoms with E-state index in [0.29, 0.717) is 16.5 Å². The number of aromatic nitrogens is 2. The topological polar surface area (TPSA) is 56.0 Å². The van der Waals surface area contributed by atoms with Gasteiger partial charge in [-0.2, -0.15) is 0 Å². The summed E-state index contributed by atoms with van der Waals surface area (Å²) >= 11 is 1.62. The quantitative estimate of drug-likeness (QED) is 0.679. The fraction of sp³-hybridized carbons (Fsp3) is 0.300. The Bertz CT molecular complexity index is 1070. The highest BCUT2D eigenvalue weighted by Crippen LogP contribution is 2.34. The Kier molecular flexibility index (Phi) is 5.41. The van der Waals surface area contributed by atoms with Crippen molar-refractivity contribution >= 4 is 34.4 Å². The number of imidazole rings is 1. The van der Waals surface area contributed by atoms with Gasteiger partial charge in [-0.25, -0.2) is 9.18 Å². The first-order chi connectivity index (χ1) is 12.8. The fourth-order valence-electron chi connectivity index (χ4n) is 3.00. The molecule has 0 saturated heterocycles. The predicted octanol–water partition coefficient (Wildman–Crippen LogP) is 3.70. The summed E-state index contributed by atoms with van der Waals surface area (Å²) in [5.41, 5.74) is 2.71. The van der Waals surface area contributed by atoms with Crippen molar-refractivity contribution in [2.75, 3.05) is 5.32 Å². The summed E-state index contributed by atoms with van der Waals surface area (Å²) < 4.78 is 16.5. The van der Waals surface area contributed by atoms with Crippen molar-refractivity contribution in [2.45, 2.75) is 30.4 Å². The number of anilines is 1. The van der Waals surface area contributed by atoms with Crippen LogP contribution in [-0.2, 0) is 25.3 Å². The van der Waals surface area contributed by atoms with Crippen LogP contribution < -0.4 is 11.0 Å². The van der Waals surface area contributed by atoms with Crippen molar-refractivity contribution < 1.29 is 9.18 Å². The third-order valence-corrected chi connectivity index (χ3v) is 5.33. The summed E-state index contributed by atoms with van der Waals surface area (Å²) in [4.78, 5) is 25.6. The van der Waals surface area contributed by atoms with Crippen LogP contribution in [0.15, 0.2) is 46.1 Å². The van der Waals surface area contributed by atoms with Crippen molar-refractivity contribution in [3.05, 3.63) is 58.3 Å². The van der Waals surface area contributed by atoms with Gasteiger partial charge in [-0.3, -0.25) is 13.9 Å². The van der Waals surface area contributed by atoms with Crippen LogP contribution in [0.3, 0.4) is 0 Å². The maximum atomic E-state index is 13.3. The van der Waals surface area contributed by atoms with Gasteiger partial charge in [0.15, 0.2) is 0 Å². The van der Waals surface area contributed by atoms with E-state index in [2.05, 4.69) is 19.2 Å². The lowest BCUT2D eigenvalue weighted by atomic mass is 10.1. The van der Waals surface area contributed by atoms with E-state index < -0.39 is 0 Å². The number of benzene rings is 2. The molecule has 1 aromatic heterocycles. The normalized spacial score (nSPS) is 11.3. The van der Waals surface area contributed by atoms with Crippen molar-refractivity contribution in [3.8, 4) is 0 Å². The van der Waals surface area contributed by atoms with Gasteiger partial charge in [0.25, 0.3) is 0 Å². The summed E-state index contributed by atoms with van der Waals surface area (Å²) in [6, 6.07) is 9.76. The molecule has 3 aromatic rings. The maximum absolute atomic E-state index is 13.3. The van der Waals surface area contributed by atoms with E-state index in [0.717, 1.165) is 15.9 Å². The lowest BCUT2D eigenvalue weighted by Crippen LogP contribution is -2.19. The van der Waals surface area contributed by atoms with Crippen LogP contribution >= 0.6 is 11.8 Å². The van der Waals surface area contributed by atoms with Crippen LogP contribution in [-0.4, -0.2) is 20.3 Å². The van der Waals surface area contributed by atoms with Gasteiger partial charge in [-0.15, -0.1) is 11.8 Å². The number of nitrogens with one attached hydrogen (secondary N) is 1. The largest absolute Gasteiger partial charge is 0.328 e. The predicted molar refractivity (Wildman–Crippen MR) is 108 cm³/mol. The zero-order chi connectivity index (χ0) is 19.7. The number of halogens is 1. The van der Waals surface area contributed by atoms with E-state index in [1.807, 2.05) is 12.1 Å². The van der Waals surface area contributed by atoms with E-state index in [1.165, 1.54) is 12.1 Å². The van der Waals surface area contributed by atoms with Crippen molar-refractivity contribution in [1.82, 2.24) is 9.13 Å². The van der Waals surface area contributed by atoms with Crippen LogP contribution in [0, 0.1) is 5.82 Å². The Morgan fingerprint density at radius 3 is 2.44 bits per heavy atom. The van der Waals surface area contributed by atoms with E-state index in [-0.39, 0.29) is 23.8 Å². The van der Waals surface area contributed by atoms with Crippen LogP contribution in [0.4, 0.5) is 10.1 Å². The van der Waals surface area contributed by atoms with Crippen molar-refractivity contribution in [3.63, 3.8) is 0 Å². The highest BCUT2D eigenvalue weighted by atomic mass is 32.2. The molecule has 0 unspecified atom stereocenters. The van der Waals surface area contributed by atoms with Gasteiger partial charge in [-0.1, -0.05) is 26.0 Å². The summed E-state index contributed by atoms with van der Waals surface area (Å²) in [6.07, 6.45) is 0.0787. The Morgan fingerprint density at radius 1 is 1.15 bits per heavy atom. The second kappa shape index (κ2) is 7.60.